The first-order valence-corrected chi connectivity index (χ1v) is 6.10. The Morgan fingerprint density at radius 1 is 1.30 bits per heavy atom. The summed E-state index contributed by atoms with van der Waals surface area (Å²) in [5.74, 6) is -1.02. The van der Waals surface area contributed by atoms with Crippen LogP contribution < -0.4 is 5.32 Å². The highest BCUT2D eigenvalue weighted by Gasteiger charge is 2.21. The second-order valence-electron chi connectivity index (χ2n) is 4.27. The van der Waals surface area contributed by atoms with Crippen LogP contribution in [0, 0.1) is 0 Å². The highest BCUT2D eigenvalue weighted by Crippen LogP contribution is 2.07. The van der Waals surface area contributed by atoms with Gasteiger partial charge in [-0.25, -0.2) is 4.79 Å². The van der Waals surface area contributed by atoms with Gasteiger partial charge in [0.25, 0.3) is 11.8 Å². The molecular formula is C14H14N2O4. The lowest BCUT2D eigenvalue weighted by atomic mass is 10.2. The van der Waals surface area contributed by atoms with Crippen molar-refractivity contribution < 1.29 is 19.1 Å². The minimum absolute atomic E-state index is 0.258. The van der Waals surface area contributed by atoms with Gasteiger partial charge in [-0.15, -0.1) is 0 Å². The summed E-state index contributed by atoms with van der Waals surface area (Å²) >= 11 is 0. The number of hydrogen-bond acceptors (Lipinski definition) is 4. The number of hydrogen-bond donors (Lipinski definition) is 1. The standard InChI is InChI=1S/C14H14N2O4/c1-10(9-16-7-8-20-14(16)19)12(17)15-13(18)11-5-3-2-4-6-11/h2-6,9H,7-8H2,1H3,(H,15,17,18)/b10-9-. The van der Waals surface area contributed by atoms with Crippen molar-refractivity contribution in [2.75, 3.05) is 13.2 Å². The van der Waals surface area contributed by atoms with Crippen LogP contribution in [0.5, 0.6) is 0 Å². The topological polar surface area (TPSA) is 75.7 Å². The number of imide groups is 1. The number of nitrogens with one attached hydrogen (secondary N) is 1. The van der Waals surface area contributed by atoms with Crippen molar-refractivity contribution in [3.05, 3.63) is 47.7 Å². The highest BCUT2D eigenvalue weighted by molar-refractivity contribution is 6.09. The monoisotopic (exact) mass is 274 g/mol. The molecule has 0 aromatic heterocycles. The third kappa shape index (κ3) is 3.23. The molecule has 20 heavy (non-hydrogen) atoms. The van der Waals surface area contributed by atoms with Crippen LogP contribution in [-0.4, -0.2) is 36.0 Å². The highest BCUT2D eigenvalue weighted by atomic mass is 16.6. The molecule has 1 N–H and O–H groups in total. The van der Waals surface area contributed by atoms with Crippen LogP contribution in [0.25, 0.3) is 0 Å². The molecule has 0 spiro atoms. The Bertz CT molecular complexity index is 566. The first-order chi connectivity index (χ1) is 9.58. The van der Waals surface area contributed by atoms with Gasteiger partial charge in [-0.3, -0.25) is 19.8 Å². The normalized spacial score (nSPS) is 14.9. The molecule has 0 radical (unpaired) electrons. The Labute approximate surface area is 116 Å². The zero-order valence-corrected chi connectivity index (χ0v) is 11.0. The van der Waals surface area contributed by atoms with Gasteiger partial charge < -0.3 is 4.74 Å². The minimum Gasteiger partial charge on any atom is -0.447 e. The van der Waals surface area contributed by atoms with Gasteiger partial charge in [0.05, 0.1) is 6.54 Å². The number of ether oxygens (including phenoxy) is 1. The fraction of sp³-hybridized carbons (Fsp3) is 0.214. The van der Waals surface area contributed by atoms with Crippen molar-refractivity contribution in [1.29, 1.82) is 0 Å². The molecule has 1 fully saturated rings. The zero-order chi connectivity index (χ0) is 14.5. The van der Waals surface area contributed by atoms with E-state index in [2.05, 4.69) is 5.32 Å². The third-order valence-corrected chi connectivity index (χ3v) is 2.76. The second kappa shape index (κ2) is 6.01. The SMILES string of the molecule is C/C(=C/N1CCOC1=O)C(=O)NC(=O)c1ccccc1. The molecule has 0 saturated carbocycles. The van der Waals surface area contributed by atoms with Crippen LogP contribution in [0.15, 0.2) is 42.1 Å². The third-order valence-electron chi connectivity index (χ3n) is 2.76. The smallest absolute Gasteiger partial charge is 0.413 e. The summed E-state index contributed by atoms with van der Waals surface area (Å²) in [6, 6.07) is 8.42. The van der Waals surface area contributed by atoms with Crippen molar-refractivity contribution in [3.8, 4) is 0 Å². The number of rotatable bonds is 3. The Kier molecular flexibility index (Phi) is 4.14. The summed E-state index contributed by atoms with van der Waals surface area (Å²) in [4.78, 5) is 36.2. The molecule has 6 nitrogen and oxygen atoms in total. The molecule has 1 saturated heterocycles. The fourth-order valence-electron chi connectivity index (χ4n) is 1.68. The Morgan fingerprint density at radius 3 is 2.60 bits per heavy atom. The maximum atomic E-state index is 11.8. The molecule has 1 aromatic rings. The average Bonchev–Trinajstić information content (AvgIpc) is 2.85. The van der Waals surface area contributed by atoms with Gasteiger partial charge in [-0.05, 0) is 19.1 Å². The Hall–Kier alpha value is -2.63. The number of amides is 3. The number of cyclic esters (lactones) is 1. The van der Waals surface area contributed by atoms with Crippen LogP contribution in [0.3, 0.4) is 0 Å². The lowest BCUT2D eigenvalue weighted by molar-refractivity contribution is -0.116. The zero-order valence-electron chi connectivity index (χ0n) is 11.0. The van der Waals surface area contributed by atoms with E-state index in [9.17, 15) is 14.4 Å². The fourth-order valence-corrected chi connectivity index (χ4v) is 1.68. The van der Waals surface area contributed by atoms with Crippen molar-refractivity contribution in [2.24, 2.45) is 0 Å². The van der Waals surface area contributed by atoms with Gasteiger partial charge in [0.2, 0.25) is 0 Å². The number of carbonyl (C=O) groups is 3. The van der Waals surface area contributed by atoms with E-state index in [1.807, 2.05) is 0 Å². The molecule has 0 unspecified atom stereocenters. The molecule has 1 aromatic carbocycles. The molecule has 2 rings (SSSR count). The lowest BCUT2D eigenvalue weighted by Crippen LogP contribution is -2.32. The van der Waals surface area contributed by atoms with Gasteiger partial charge >= 0.3 is 6.09 Å². The number of carbonyl (C=O) groups excluding carboxylic acids is 3. The van der Waals surface area contributed by atoms with E-state index in [0.717, 1.165) is 0 Å². The van der Waals surface area contributed by atoms with Crippen LogP contribution in [0.1, 0.15) is 17.3 Å². The molecule has 1 aliphatic heterocycles. The quantitative estimate of drug-likeness (QED) is 0.843. The first kappa shape index (κ1) is 13.8. The summed E-state index contributed by atoms with van der Waals surface area (Å²) in [6.07, 6.45) is 0.884. The maximum Gasteiger partial charge on any atom is 0.413 e. The van der Waals surface area contributed by atoms with Gasteiger partial charge in [0, 0.05) is 17.3 Å². The number of nitrogens with zero attached hydrogens (tertiary/aromatic N) is 1. The largest absolute Gasteiger partial charge is 0.447 e. The Morgan fingerprint density at radius 2 is 2.00 bits per heavy atom. The molecular weight excluding hydrogens is 260 g/mol. The first-order valence-electron chi connectivity index (χ1n) is 6.10. The lowest BCUT2D eigenvalue weighted by Gasteiger charge is -2.09. The van der Waals surface area contributed by atoms with E-state index >= 15 is 0 Å². The minimum atomic E-state index is -0.543. The van der Waals surface area contributed by atoms with E-state index in [1.165, 1.54) is 18.0 Å². The maximum absolute atomic E-state index is 11.8. The predicted molar refractivity (Wildman–Crippen MR) is 70.7 cm³/mol. The van der Waals surface area contributed by atoms with Crippen LogP contribution in [0.4, 0.5) is 4.79 Å². The second-order valence-corrected chi connectivity index (χ2v) is 4.27. The number of benzene rings is 1. The average molecular weight is 274 g/mol. The molecule has 1 heterocycles. The van der Waals surface area contributed by atoms with Gasteiger partial charge in [0.1, 0.15) is 6.61 Å². The van der Waals surface area contributed by atoms with Gasteiger partial charge in [-0.1, -0.05) is 18.2 Å². The molecule has 0 aliphatic carbocycles. The molecule has 1 aliphatic rings. The van der Waals surface area contributed by atoms with Crippen molar-refractivity contribution >= 4 is 17.9 Å². The van der Waals surface area contributed by atoms with E-state index in [-0.39, 0.29) is 5.57 Å². The van der Waals surface area contributed by atoms with Gasteiger partial charge in [-0.2, -0.15) is 0 Å². The van der Waals surface area contributed by atoms with E-state index in [0.29, 0.717) is 18.7 Å². The summed E-state index contributed by atoms with van der Waals surface area (Å²) in [7, 11) is 0. The predicted octanol–water partition coefficient (Wildman–Crippen LogP) is 1.30. The Balaban J connectivity index is 1.99. The van der Waals surface area contributed by atoms with E-state index in [1.54, 1.807) is 30.3 Å². The molecule has 0 atom stereocenters. The molecule has 6 heteroatoms. The van der Waals surface area contributed by atoms with Gasteiger partial charge in [0.15, 0.2) is 0 Å². The summed E-state index contributed by atoms with van der Waals surface area (Å²) in [5, 5.41) is 2.26. The molecule has 104 valence electrons. The molecule has 3 amide bonds. The van der Waals surface area contributed by atoms with Crippen molar-refractivity contribution in [1.82, 2.24) is 10.2 Å². The van der Waals surface area contributed by atoms with E-state index in [4.69, 9.17) is 4.74 Å². The van der Waals surface area contributed by atoms with Crippen molar-refractivity contribution in [2.45, 2.75) is 6.92 Å². The summed E-state index contributed by atoms with van der Waals surface area (Å²) < 4.78 is 4.74. The molecule has 0 bridgehead atoms. The van der Waals surface area contributed by atoms with Crippen molar-refractivity contribution in [3.63, 3.8) is 0 Å². The van der Waals surface area contributed by atoms with Crippen LogP contribution >= 0.6 is 0 Å². The van der Waals surface area contributed by atoms with Crippen LogP contribution in [0.2, 0.25) is 0 Å². The summed E-state index contributed by atoms with van der Waals surface area (Å²) in [5.41, 5.74) is 0.655. The summed E-state index contributed by atoms with van der Waals surface area (Å²) in [6.45, 7) is 2.22. The van der Waals surface area contributed by atoms with Crippen LogP contribution in [-0.2, 0) is 9.53 Å². The van der Waals surface area contributed by atoms with E-state index < -0.39 is 17.9 Å².